The Morgan fingerprint density at radius 1 is 1.00 bits per heavy atom. The number of likely N-dealkylation sites (tertiary alicyclic amines) is 1. The lowest BCUT2D eigenvalue weighted by molar-refractivity contribution is -0.218. The third kappa shape index (κ3) is 4.85. The fourth-order valence-electron chi connectivity index (χ4n) is 4.18. The van der Waals surface area contributed by atoms with Crippen LogP contribution in [0.1, 0.15) is 23.1 Å². The number of aromatic nitrogens is 2. The van der Waals surface area contributed by atoms with Crippen LogP contribution in [-0.2, 0) is 24.4 Å². The second kappa shape index (κ2) is 9.16. The number of amides is 1. The molecular weight excluding hydrogens is 417 g/mol. The second-order valence-corrected chi connectivity index (χ2v) is 8.23. The minimum atomic E-state index is -4.62. The monoisotopic (exact) mass is 442 g/mol. The van der Waals surface area contributed by atoms with Gasteiger partial charge in [0.15, 0.2) is 5.41 Å². The van der Waals surface area contributed by atoms with Gasteiger partial charge in [0.25, 0.3) is 0 Å². The minimum absolute atomic E-state index is 0.0439. The molecule has 5 nitrogen and oxygen atoms in total. The van der Waals surface area contributed by atoms with Gasteiger partial charge in [0.2, 0.25) is 5.91 Å². The van der Waals surface area contributed by atoms with Gasteiger partial charge in [0.05, 0.1) is 6.54 Å². The lowest BCUT2D eigenvalue weighted by Crippen LogP contribution is -2.52. The number of nitrogens with zero attached hydrogens (tertiary/aromatic N) is 3. The van der Waals surface area contributed by atoms with E-state index in [0.29, 0.717) is 13.1 Å². The highest BCUT2D eigenvalue weighted by molar-refractivity contribution is 5.84. The van der Waals surface area contributed by atoms with E-state index in [2.05, 4.69) is 10.4 Å². The lowest BCUT2D eigenvalue weighted by atomic mass is 9.85. The molecule has 1 atom stereocenters. The van der Waals surface area contributed by atoms with Crippen molar-refractivity contribution in [2.75, 3.05) is 13.1 Å². The maximum Gasteiger partial charge on any atom is 0.404 e. The molecule has 2 aromatic carbocycles. The number of alkyl halides is 3. The molecule has 1 saturated heterocycles. The topological polar surface area (TPSA) is 50.2 Å². The smallest absolute Gasteiger partial charge is 0.351 e. The zero-order chi connectivity index (χ0) is 22.6. The first kappa shape index (κ1) is 22.1. The summed E-state index contributed by atoms with van der Waals surface area (Å²) in [7, 11) is 0. The van der Waals surface area contributed by atoms with Gasteiger partial charge in [-0.1, -0.05) is 54.6 Å². The Hall–Kier alpha value is -3.13. The molecule has 1 amide bonds. The molecule has 0 radical (unpaired) electrons. The molecule has 4 rings (SSSR count). The largest absolute Gasteiger partial charge is 0.404 e. The van der Waals surface area contributed by atoms with Crippen molar-refractivity contribution in [2.45, 2.75) is 32.2 Å². The summed E-state index contributed by atoms with van der Waals surface area (Å²) in [6, 6.07) is 18.6. The van der Waals surface area contributed by atoms with E-state index in [1.165, 1.54) is 0 Å². The van der Waals surface area contributed by atoms with Crippen LogP contribution in [0.5, 0.6) is 0 Å². The van der Waals surface area contributed by atoms with Crippen LogP contribution in [0.2, 0.25) is 0 Å². The number of hydrogen-bond acceptors (Lipinski definition) is 3. The number of nitrogens with one attached hydrogen (secondary N) is 1. The molecule has 32 heavy (non-hydrogen) atoms. The van der Waals surface area contributed by atoms with Gasteiger partial charge in [-0.25, -0.2) is 0 Å². The summed E-state index contributed by atoms with van der Waals surface area (Å²) in [5.41, 5.74) is 0.245. The van der Waals surface area contributed by atoms with Crippen LogP contribution >= 0.6 is 0 Å². The number of rotatable bonds is 7. The maximum atomic E-state index is 14.1. The summed E-state index contributed by atoms with van der Waals surface area (Å²) in [5.74, 6) is -0.960. The van der Waals surface area contributed by atoms with Crippen LogP contribution in [0.25, 0.3) is 0 Å². The average Bonchev–Trinajstić information content (AvgIpc) is 3.43. The molecule has 1 fully saturated rings. The van der Waals surface area contributed by atoms with Gasteiger partial charge in [0, 0.05) is 32.0 Å². The zero-order valence-electron chi connectivity index (χ0n) is 17.6. The molecule has 1 N–H and O–H groups in total. The van der Waals surface area contributed by atoms with Crippen molar-refractivity contribution >= 4 is 5.91 Å². The molecular formula is C24H25F3N4O. The van der Waals surface area contributed by atoms with Crippen molar-refractivity contribution in [2.24, 2.45) is 5.41 Å². The summed E-state index contributed by atoms with van der Waals surface area (Å²) >= 11 is 0. The molecule has 2 heterocycles. The second-order valence-electron chi connectivity index (χ2n) is 8.23. The molecule has 8 heteroatoms. The zero-order valence-corrected chi connectivity index (χ0v) is 17.6. The third-order valence-electron chi connectivity index (χ3n) is 5.92. The highest BCUT2D eigenvalue weighted by Gasteiger charge is 2.62. The van der Waals surface area contributed by atoms with Crippen molar-refractivity contribution < 1.29 is 18.0 Å². The quantitative estimate of drug-likeness (QED) is 0.602. The number of carbonyl (C=O) groups excluding carboxylic acids is 1. The molecule has 1 unspecified atom stereocenters. The van der Waals surface area contributed by atoms with Gasteiger partial charge in [-0.15, -0.1) is 0 Å². The highest BCUT2D eigenvalue weighted by atomic mass is 19.4. The van der Waals surface area contributed by atoms with Crippen molar-refractivity contribution in [3.05, 3.63) is 89.7 Å². The van der Waals surface area contributed by atoms with Gasteiger partial charge in [-0.05, 0) is 35.7 Å². The maximum absolute atomic E-state index is 14.1. The van der Waals surface area contributed by atoms with Crippen LogP contribution in [0.3, 0.4) is 0 Å². The van der Waals surface area contributed by atoms with Gasteiger partial charge in [-0.2, -0.15) is 18.3 Å². The predicted octanol–water partition coefficient (Wildman–Crippen LogP) is 4.00. The van der Waals surface area contributed by atoms with Crippen molar-refractivity contribution in [1.82, 2.24) is 20.0 Å². The van der Waals surface area contributed by atoms with Crippen LogP contribution in [0.4, 0.5) is 13.2 Å². The molecule has 0 saturated carbocycles. The molecule has 0 bridgehead atoms. The summed E-state index contributed by atoms with van der Waals surface area (Å²) in [6.07, 6.45) is -1.34. The number of hydrogen-bond donors (Lipinski definition) is 1. The number of carbonyl (C=O) groups is 1. The van der Waals surface area contributed by atoms with Crippen LogP contribution in [0.15, 0.2) is 73.1 Å². The molecule has 168 valence electrons. The van der Waals surface area contributed by atoms with Gasteiger partial charge >= 0.3 is 6.18 Å². The van der Waals surface area contributed by atoms with E-state index in [1.54, 1.807) is 21.8 Å². The standard InChI is InChI=1S/C24H25F3N4O/c25-24(26,27)23(10-13-30(18-23)16-19-6-2-1-3-7-19)22(32)28-15-20-8-4-9-21(14-20)17-31-12-5-11-29-31/h1-9,11-12,14H,10,13,15-18H2,(H,28,32). The van der Waals surface area contributed by atoms with E-state index in [1.807, 2.05) is 60.8 Å². The van der Waals surface area contributed by atoms with Gasteiger partial charge < -0.3 is 5.32 Å². The summed E-state index contributed by atoms with van der Waals surface area (Å²) < 4.78 is 44.0. The molecule has 1 aliphatic rings. The van der Waals surface area contributed by atoms with E-state index in [4.69, 9.17) is 0 Å². The Morgan fingerprint density at radius 2 is 1.75 bits per heavy atom. The summed E-state index contributed by atoms with van der Waals surface area (Å²) in [4.78, 5) is 14.6. The van der Waals surface area contributed by atoms with Crippen molar-refractivity contribution in [3.63, 3.8) is 0 Å². The first-order valence-electron chi connectivity index (χ1n) is 10.5. The summed E-state index contributed by atoms with van der Waals surface area (Å²) in [5, 5.41) is 6.71. The van der Waals surface area contributed by atoms with E-state index < -0.39 is 17.5 Å². The highest BCUT2D eigenvalue weighted by Crippen LogP contribution is 2.46. The van der Waals surface area contributed by atoms with Gasteiger partial charge in [0.1, 0.15) is 0 Å². The molecule has 1 aliphatic heterocycles. The Bertz CT molecular complexity index is 1040. The van der Waals surface area contributed by atoms with Gasteiger partial charge in [-0.3, -0.25) is 14.4 Å². The fourth-order valence-corrected chi connectivity index (χ4v) is 4.18. The average molecular weight is 442 g/mol. The van der Waals surface area contributed by atoms with Crippen molar-refractivity contribution in [3.8, 4) is 0 Å². The molecule has 0 aliphatic carbocycles. The predicted molar refractivity (Wildman–Crippen MR) is 114 cm³/mol. The number of benzene rings is 2. The van der Waals surface area contributed by atoms with E-state index in [-0.39, 0.29) is 26.1 Å². The first-order valence-corrected chi connectivity index (χ1v) is 10.5. The minimum Gasteiger partial charge on any atom is -0.351 e. The van der Waals surface area contributed by atoms with E-state index in [0.717, 1.165) is 16.7 Å². The SMILES string of the molecule is O=C(NCc1cccc(Cn2cccn2)c1)C1(C(F)(F)F)CCN(Cc2ccccc2)C1. The Morgan fingerprint density at radius 3 is 2.47 bits per heavy atom. The normalized spacial score (nSPS) is 19.2. The van der Waals surface area contributed by atoms with E-state index in [9.17, 15) is 18.0 Å². The number of halogens is 3. The summed E-state index contributed by atoms with van der Waals surface area (Å²) in [6.45, 7) is 0.872. The lowest BCUT2D eigenvalue weighted by Gasteiger charge is -2.30. The molecule has 1 aromatic heterocycles. The first-order chi connectivity index (χ1) is 15.4. The fraction of sp³-hybridized carbons (Fsp3) is 0.333. The van der Waals surface area contributed by atoms with Crippen LogP contribution in [-0.4, -0.2) is 39.9 Å². The van der Waals surface area contributed by atoms with Crippen molar-refractivity contribution in [1.29, 1.82) is 0 Å². The van der Waals surface area contributed by atoms with Crippen LogP contribution in [0, 0.1) is 5.41 Å². The Kier molecular flexibility index (Phi) is 6.32. The molecule has 0 spiro atoms. The van der Waals surface area contributed by atoms with Crippen LogP contribution < -0.4 is 5.32 Å². The third-order valence-corrected chi connectivity index (χ3v) is 5.92. The van der Waals surface area contributed by atoms with E-state index >= 15 is 0 Å². The Balaban J connectivity index is 1.42. The molecule has 3 aromatic rings. The Labute approximate surface area is 184 Å².